The number of imidazole rings is 1. The minimum absolute atomic E-state index is 0.0135. The molecule has 0 saturated carbocycles. The number of anilines is 2. The number of alkyl halides is 3. The third kappa shape index (κ3) is 8.46. The summed E-state index contributed by atoms with van der Waals surface area (Å²) in [6.07, 6.45) is -0.948. The van der Waals surface area contributed by atoms with E-state index in [4.69, 9.17) is 21.3 Å². The lowest BCUT2D eigenvalue weighted by molar-refractivity contribution is -0.274. The fourth-order valence-electron chi connectivity index (χ4n) is 6.17. The van der Waals surface area contributed by atoms with Crippen LogP contribution in [0.5, 0.6) is 5.75 Å². The van der Waals surface area contributed by atoms with Crippen molar-refractivity contribution in [2.45, 2.75) is 45.7 Å². The van der Waals surface area contributed by atoms with Gasteiger partial charge in [-0.2, -0.15) is 0 Å². The van der Waals surface area contributed by atoms with E-state index in [1.807, 2.05) is 30.6 Å². The Morgan fingerprint density at radius 2 is 1.71 bits per heavy atom. The van der Waals surface area contributed by atoms with Gasteiger partial charge in [0.15, 0.2) is 0 Å². The number of pyridine rings is 1. The zero-order valence-electron chi connectivity index (χ0n) is 28.6. The van der Waals surface area contributed by atoms with Gasteiger partial charge in [-0.3, -0.25) is 9.59 Å². The fraction of sp³-hybridized carbons (Fsp3) is 0.389. The number of hydrogen-bond donors (Lipinski definition) is 3. The molecule has 2 amide bonds. The molecule has 4 aromatic rings. The van der Waals surface area contributed by atoms with E-state index < -0.39 is 23.4 Å². The summed E-state index contributed by atoms with van der Waals surface area (Å²) in [5, 5.41) is 5.97. The van der Waals surface area contributed by atoms with Crippen LogP contribution < -0.4 is 20.3 Å². The number of benzene rings is 2. The number of ether oxygens (including phenoxy) is 2. The summed E-state index contributed by atoms with van der Waals surface area (Å²) in [4.78, 5) is 41.9. The van der Waals surface area contributed by atoms with E-state index in [1.54, 1.807) is 49.7 Å². The molecular formula is C36H39ClF3N7O4. The fourth-order valence-corrected chi connectivity index (χ4v) is 6.38. The van der Waals surface area contributed by atoms with Crippen LogP contribution in [0.4, 0.5) is 24.7 Å². The van der Waals surface area contributed by atoms with Crippen LogP contribution in [0.25, 0.3) is 22.4 Å². The maximum absolute atomic E-state index is 13.6. The van der Waals surface area contributed by atoms with Gasteiger partial charge in [0.25, 0.3) is 5.91 Å². The van der Waals surface area contributed by atoms with Gasteiger partial charge in [0.1, 0.15) is 17.4 Å². The van der Waals surface area contributed by atoms with Gasteiger partial charge in [0, 0.05) is 74.8 Å². The van der Waals surface area contributed by atoms with Crippen LogP contribution in [0.3, 0.4) is 0 Å². The third-order valence-electron chi connectivity index (χ3n) is 8.93. The molecule has 3 N–H and O–H groups in total. The van der Waals surface area contributed by atoms with Crippen LogP contribution in [-0.4, -0.2) is 84.0 Å². The number of nitrogens with one attached hydrogen (secondary N) is 3. The van der Waals surface area contributed by atoms with Gasteiger partial charge in [0.2, 0.25) is 5.91 Å². The second-order valence-electron chi connectivity index (χ2n) is 13.6. The van der Waals surface area contributed by atoms with E-state index in [-0.39, 0.29) is 39.9 Å². The smallest absolute Gasteiger partial charge is 0.405 e. The molecule has 2 aromatic carbocycles. The summed E-state index contributed by atoms with van der Waals surface area (Å²) < 4.78 is 50.5. The Kier molecular flexibility index (Phi) is 10.3. The Morgan fingerprint density at radius 1 is 1.00 bits per heavy atom. The highest BCUT2D eigenvalue weighted by molar-refractivity contribution is 6.34. The molecule has 0 bridgehead atoms. The molecule has 0 aliphatic carbocycles. The number of rotatable bonds is 8. The van der Waals surface area contributed by atoms with Crippen molar-refractivity contribution in [2.75, 3.05) is 50.1 Å². The molecule has 51 heavy (non-hydrogen) atoms. The number of amides is 2. The highest BCUT2D eigenvalue weighted by Crippen LogP contribution is 2.40. The van der Waals surface area contributed by atoms with Crippen molar-refractivity contribution in [1.82, 2.24) is 25.2 Å². The number of H-pyrrole nitrogens is 1. The zero-order valence-corrected chi connectivity index (χ0v) is 29.4. The zero-order chi connectivity index (χ0) is 36.5. The van der Waals surface area contributed by atoms with E-state index in [0.29, 0.717) is 43.3 Å². The number of nitrogens with zero attached hydrogens (tertiary/aromatic N) is 4. The first kappa shape index (κ1) is 36.1. The van der Waals surface area contributed by atoms with Gasteiger partial charge in [-0.1, -0.05) is 56.6 Å². The van der Waals surface area contributed by atoms with E-state index in [9.17, 15) is 22.8 Å². The average Bonchev–Trinajstić information content (AvgIpc) is 3.79. The molecule has 2 fully saturated rings. The van der Waals surface area contributed by atoms with Gasteiger partial charge in [-0.15, -0.1) is 13.2 Å². The summed E-state index contributed by atoms with van der Waals surface area (Å²) in [5.74, 6) is 0.357. The summed E-state index contributed by atoms with van der Waals surface area (Å²) >= 11 is 6.52. The van der Waals surface area contributed by atoms with Crippen LogP contribution in [0.1, 0.15) is 49.4 Å². The number of piperazine rings is 1. The molecule has 2 saturated heterocycles. The van der Waals surface area contributed by atoms with Crippen LogP contribution in [0, 0.1) is 5.41 Å². The SMILES string of the molecule is COC1CNC(c2nc(-c3ccc(-c4cc(Cl)c(NC(=O)c5ccc(N6CCN(C(=O)C(C)(C)C)CC6)nc5)cc4OC(F)(F)F)cc3)c[nH]2)C1. The number of hydrogen-bond acceptors (Lipinski definition) is 8. The maximum Gasteiger partial charge on any atom is 0.573 e. The molecule has 0 spiro atoms. The van der Waals surface area contributed by atoms with Crippen LogP contribution >= 0.6 is 11.6 Å². The van der Waals surface area contributed by atoms with Crippen molar-refractivity contribution >= 4 is 34.9 Å². The number of aromatic amines is 1. The predicted molar refractivity (Wildman–Crippen MR) is 188 cm³/mol. The van der Waals surface area contributed by atoms with Crippen LogP contribution in [-0.2, 0) is 9.53 Å². The van der Waals surface area contributed by atoms with Gasteiger partial charge in [-0.25, -0.2) is 9.97 Å². The Bertz CT molecular complexity index is 1870. The highest BCUT2D eigenvalue weighted by Gasteiger charge is 2.33. The molecule has 270 valence electrons. The quantitative estimate of drug-likeness (QED) is 0.184. The lowest BCUT2D eigenvalue weighted by atomic mass is 9.94. The Hall–Kier alpha value is -4.66. The van der Waals surface area contributed by atoms with Crippen molar-refractivity contribution < 1.29 is 32.2 Å². The first-order valence-corrected chi connectivity index (χ1v) is 16.9. The first-order valence-electron chi connectivity index (χ1n) is 16.5. The van der Waals surface area contributed by atoms with Gasteiger partial charge in [0.05, 0.1) is 34.1 Å². The number of methoxy groups -OCH3 is 1. The number of aromatic nitrogens is 3. The predicted octanol–water partition coefficient (Wildman–Crippen LogP) is 6.69. The first-order chi connectivity index (χ1) is 24.2. The molecule has 2 aromatic heterocycles. The summed E-state index contributed by atoms with van der Waals surface area (Å²) in [6, 6.07) is 12.5. The monoisotopic (exact) mass is 725 g/mol. The molecule has 0 radical (unpaired) electrons. The standard InChI is InChI=1S/C36H39ClF3N7O4/c1-35(2,3)34(49)47-13-11-46(12-14-47)31-10-9-23(18-42-31)33(48)45-27-17-30(51-36(38,39)40)25(16-26(27)37)21-5-7-22(8-6-21)29-20-43-32(44-29)28-15-24(50-4)19-41-28/h5-10,16-18,20,24,28,41H,11-15,19H2,1-4H3,(H,43,44)(H,45,48). The minimum atomic E-state index is -5.00. The molecule has 6 rings (SSSR count). The molecule has 2 aliphatic rings. The lowest BCUT2D eigenvalue weighted by Gasteiger charge is -2.38. The van der Waals surface area contributed by atoms with Crippen LogP contribution in [0.15, 0.2) is 60.9 Å². The molecule has 2 unspecified atom stereocenters. The molecule has 15 heteroatoms. The summed E-state index contributed by atoms with van der Waals surface area (Å²) in [5.41, 5.74) is 1.59. The Morgan fingerprint density at radius 3 is 2.31 bits per heavy atom. The molecule has 4 heterocycles. The minimum Gasteiger partial charge on any atom is -0.405 e. The van der Waals surface area contributed by atoms with Crippen molar-refractivity contribution in [1.29, 1.82) is 0 Å². The van der Waals surface area contributed by atoms with E-state index in [1.165, 1.54) is 12.3 Å². The normalized spacial score (nSPS) is 18.2. The van der Waals surface area contributed by atoms with Crippen molar-refractivity contribution in [3.63, 3.8) is 0 Å². The van der Waals surface area contributed by atoms with E-state index in [2.05, 4.69) is 25.3 Å². The highest BCUT2D eigenvalue weighted by atomic mass is 35.5. The van der Waals surface area contributed by atoms with Crippen LogP contribution in [0.2, 0.25) is 5.02 Å². The number of halogens is 4. The Balaban J connectivity index is 1.15. The second kappa shape index (κ2) is 14.5. The number of carbonyl (C=O) groups is 2. The van der Waals surface area contributed by atoms with Crippen molar-refractivity contribution in [3.05, 3.63) is 77.3 Å². The molecule has 11 nitrogen and oxygen atoms in total. The second-order valence-corrected chi connectivity index (χ2v) is 14.0. The van der Waals surface area contributed by atoms with Gasteiger partial charge in [-0.05, 0) is 30.2 Å². The van der Waals surface area contributed by atoms with Crippen molar-refractivity contribution in [3.8, 4) is 28.1 Å². The molecular weight excluding hydrogens is 687 g/mol. The van der Waals surface area contributed by atoms with Gasteiger partial charge >= 0.3 is 6.36 Å². The average molecular weight is 726 g/mol. The van der Waals surface area contributed by atoms with E-state index in [0.717, 1.165) is 30.4 Å². The Labute approximate surface area is 298 Å². The maximum atomic E-state index is 13.6. The third-order valence-corrected chi connectivity index (χ3v) is 9.24. The summed E-state index contributed by atoms with van der Waals surface area (Å²) in [7, 11) is 1.67. The molecule has 2 atom stereocenters. The van der Waals surface area contributed by atoms with E-state index >= 15 is 0 Å². The van der Waals surface area contributed by atoms with Gasteiger partial charge < -0.3 is 34.9 Å². The summed E-state index contributed by atoms with van der Waals surface area (Å²) in [6.45, 7) is 8.69. The van der Waals surface area contributed by atoms with Crippen molar-refractivity contribution in [2.24, 2.45) is 5.41 Å². The lowest BCUT2D eigenvalue weighted by Crippen LogP contribution is -2.51. The largest absolute Gasteiger partial charge is 0.573 e. The molecule has 2 aliphatic heterocycles. The number of carbonyl (C=O) groups excluding carboxylic acids is 2. The topological polar surface area (TPSA) is 125 Å².